The van der Waals surface area contributed by atoms with Gasteiger partial charge in [0.2, 0.25) is 0 Å². The van der Waals surface area contributed by atoms with E-state index in [0.29, 0.717) is 5.41 Å². The molecular formula is C12H19NO2. The van der Waals surface area contributed by atoms with Gasteiger partial charge < -0.3 is 5.11 Å². The number of rotatable bonds is 2. The molecule has 0 aromatic carbocycles. The second-order valence-electron chi connectivity index (χ2n) is 5.75. The van der Waals surface area contributed by atoms with E-state index in [1.165, 1.54) is 19.3 Å². The van der Waals surface area contributed by atoms with Gasteiger partial charge in [0, 0.05) is 13.1 Å². The largest absolute Gasteiger partial charge is 0.480 e. The molecule has 3 nitrogen and oxygen atoms in total. The van der Waals surface area contributed by atoms with Crippen molar-refractivity contribution in [3.63, 3.8) is 0 Å². The molecule has 3 heteroatoms. The fraction of sp³-hybridized carbons (Fsp3) is 0.917. The van der Waals surface area contributed by atoms with Crippen molar-refractivity contribution >= 4 is 5.97 Å². The third kappa shape index (κ3) is 1.19. The normalized spacial score (nSPS) is 32.3. The van der Waals surface area contributed by atoms with Crippen molar-refractivity contribution in [3.8, 4) is 0 Å². The zero-order valence-electron chi connectivity index (χ0n) is 9.17. The second kappa shape index (κ2) is 2.97. The molecule has 1 N–H and O–H groups in total. The van der Waals surface area contributed by atoms with Gasteiger partial charge in [-0.2, -0.15) is 0 Å². The summed E-state index contributed by atoms with van der Waals surface area (Å²) in [5.41, 5.74) is 0.0753. The number of carbonyl (C=O) groups is 1. The van der Waals surface area contributed by atoms with Gasteiger partial charge in [0.15, 0.2) is 0 Å². The zero-order valence-corrected chi connectivity index (χ0v) is 9.17. The van der Waals surface area contributed by atoms with Gasteiger partial charge in [-0.15, -0.1) is 0 Å². The van der Waals surface area contributed by atoms with E-state index in [2.05, 4.69) is 4.90 Å². The highest BCUT2D eigenvalue weighted by molar-refractivity contribution is 5.79. The van der Waals surface area contributed by atoms with E-state index in [1.54, 1.807) is 0 Å². The lowest BCUT2D eigenvalue weighted by atomic mass is 9.62. The zero-order chi connectivity index (χ0) is 10.5. The molecule has 0 radical (unpaired) electrons. The molecule has 1 saturated heterocycles. The van der Waals surface area contributed by atoms with E-state index in [4.69, 9.17) is 0 Å². The highest BCUT2D eigenvalue weighted by Crippen LogP contribution is 2.52. The van der Waals surface area contributed by atoms with E-state index in [0.717, 1.165) is 38.8 Å². The first-order chi connectivity index (χ1) is 7.17. The molecule has 0 aromatic heterocycles. The summed E-state index contributed by atoms with van der Waals surface area (Å²) in [4.78, 5) is 13.7. The number of carboxylic acids is 1. The van der Waals surface area contributed by atoms with Crippen LogP contribution in [-0.4, -0.2) is 34.6 Å². The molecule has 0 bridgehead atoms. The van der Waals surface area contributed by atoms with Crippen LogP contribution in [0.5, 0.6) is 0 Å². The van der Waals surface area contributed by atoms with Gasteiger partial charge in [0.1, 0.15) is 5.54 Å². The van der Waals surface area contributed by atoms with Gasteiger partial charge in [-0.3, -0.25) is 9.69 Å². The predicted molar refractivity (Wildman–Crippen MR) is 56.7 cm³/mol. The lowest BCUT2D eigenvalue weighted by Gasteiger charge is -2.60. The van der Waals surface area contributed by atoms with Crippen molar-refractivity contribution in [1.82, 2.24) is 4.90 Å². The Balaban J connectivity index is 1.72. The summed E-state index contributed by atoms with van der Waals surface area (Å²) < 4.78 is 0. The number of hydrogen-bond acceptors (Lipinski definition) is 2. The third-order valence-corrected chi connectivity index (χ3v) is 4.90. The molecule has 3 rings (SSSR count). The van der Waals surface area contributed by atoms with Crippen molar-refractivity contribution in [1.29, 1.82) is 0 Å². The minimum atomic E-state index is -0.575. The smallest absolute Gasteiger partial charge is 0.324 e. The maximum Gasteiger partial charge on any atom is 0.324 e. The molecule has 2 saturated carbocycles. The molecule has 2 aliphatic carbocycles. The van der Waals surface area contributed by atoms with Crippen molar-refractivity contribution < 1.29 is 9.90 Å². The minimum Gasteiger partial charge on any atom is -0.480 e. The van der Waals surface area contributed by atoms with E-state index >= 15 is 0 Å². The van der Waals surface area contributed by atoms with Crippen molar-refractivity contribution in [2.45, 2.75) is 50.5 Å². The Labute approximate surface area is 90.5 Å². The number of nitrogens with zero attached hydrogens (tertiary/aromatic N) is 1. The predicted octanol–water partition coefficient (Wildman–Crippen LogP) is 1.87. The summed E-state index contributed by atoms with van der Waals surface area (Å²) in [6.45, 7) is 2.11. The van der Waals surface area contributed by atoms with Gasteiger partial charge in [-0.05, 0) is 31.1 Å². The third-order valence-electron chi connectivity index (χ3n) is 4.90. The van der Waals surface area contributed by atoms with E-state index in [9.17, 15) is 9.90 Å². The van der Waals surface area contributed by atoms with E-state index in [1.807, 2.05) is 0 Å². The highest BCUT2D eigenvalue weighted by Gasteiger charge is 2.57. The van der Waals surface area contributed by atoms with Crippen LogP contribution >= 0.6 is 0 Å². The molecule has 84 valence electrons. The Kier molecular flexibility index (Phi) is 1.91. The SMILES string of the molecule is O=C(O)C1(N2CC3(CCC3)C2)CCCC1. The van der Waals surface area contributed by atoms with Crippen LogP contribution in [0.4, 0.5) is 0 Å². The van der Waals surface area contributed by atoms with Crippen LogP contribution < -0.4 is 0 Å². The molecule has 3 fully saturated rings. The highest BCUT2D eigenvalue weighted by atomic mass is 16.4. The van der Waals surface area contributed by atoms with E-state index < -0.39 is 11.5 Å². The Morgan fingerprint density at radius 2 is 1.60 bits per heavy atom. The fourth-order valence-electron chi connectivity index (χ4n) is 3.68. The molecule has 1 heterocycles. The Hall–Kier alpha value is -0.570. The van der Waals surface area contributed by atoms with Crippen LogP contribution in [-0.2, 0) is 4.79 Å². The molecule has 15 heavy (non-hydrogen) atoms. The average Bonchev–Trinajstić information content (AvgIpc) is 2.48. The van der Waals surface area contributed by atoms with Gasteiger partial charge in [0.25, 0.3) is 0 Å². The van der Waals surface area contributed by atoms with Crippen LogP contribution in [0.25, 0.3) is 0 Å². The fourth-order valence-corrected chi connectivity index (χ4v) is 3.68. The first-order valence-corrected chi connectivity index (χ1v) is 6.16. The quantitative estimate of drug-likeness (QED) is 0.754. The van der Waals surface area contributed by atoms with Gasteiger partial charge in [-0.25, -0.2) is 0 Å². The lowest BCUT2D eigenvalue weighted by Crippen LogP contribution is -2.69. The van der Waals surface area contributed by atoms with Crippen LogP contribution in [0.3, 0.4) is 0 Å². The molecule has 3 aliphatic rings. The van der Waals surface area contributed by atoms with Gasteiger partial charge in [-0.1, -0.05) is 19.3 Å². The van der Waals surface area contributed by atoms with Crippen LogP contribution in [0.15, 0.2) is 0 Å². The molecule has 0 unspecified atom stereocenters. The lowest BCUT2D eigenvalue weighted by molar-refractivity contribution is -0.169. The van der Waals surface area contributed by atoms with Crippen molar-refractivity contribution in [2.75, 3.05) is 13.1 Å². The minimum absolute atomic E-state index is 0.471. The van der Waals surface area contributed by atoms with E-state index in [-0.39, 0.29) is 0 Å². The summed E-state index contributed by atoms with van der Waals surface area (Å²) >= 11 is 0. The molecule has 1 spiro atoms. The van der Waals surface area contributed by atoms with Gasteiger partial charge in [0.05, 0.1) is 0 Å². The van der Waals surface area contributed by atoms with Crippen LogP contribution in [0, 0.1) is 5.41 Å². The maximum atomic E-state index is 11.4. The summed E-state index contributed by atoms with van der Waals surface area (Å²) in [6.07, 6.45) is 7.95. The topological polar surface area (TPSA) is 40.5 Å². The average molecular weight is 209 g/mol. The summed E-state index contributed by atoms with van der Waals surface area (Å²) in [5.74, 6) is -0.575. The second-order valence-corrected chi connectivity index (χ2v) is 5.75. The molecular weight excluding hydrogens is 190 g/mol. The standard InChI is InChI=1S/C12H19NO2/c14-10(15)12(6-1-2-7-12)13-8-11(9-13)4-3-5-11/h1-9H2,(H,14,15). The Bertz CT molecular complexity index is 282. The molecule has 0 aromatic rings. The number of hydrogen-bond donors (Lipinski definition) is 1. The Morgan fingerprint density at radius 1 is 1.00 bits per heavy atom. The first-order valence-electron chi connectivity index (χ1n) is 6.16. The number of aliphatic carboxylic acids is 1. The van der Waals surface area contributed by atoms with Crippen LogP contribution in [0.2, 0.25) is 0 Å². The summed E-state index contributed by atoms with van der Waals surface area (Å²) in [7, 11) is 0. The maximum absolute atomic E-state index is 11.4. The number of likely N-dealkylation sites (tertiary alicyclic amines) is 1. The Morgan fingerprint density at radius 3 is 2.00 bits per heavy atom. The molecule has 0 amide bonds. The van der Waals surface area contributed by atoms with Crippen molar-refractivity contribution in [3.05, 3.63) is 0 Å². The first kappa shape index (κ1) is 9.64. The summed E-state index contributed by atoms with van der Waals surface area (Å²) in [5, 5.41) is 9.42. The molecule has 0 atom stereocenters. The summed E-state index contributed by atoms with van der Waals surface area (Å²) in [6, 6.07) is 0. The van der Waals surface area contributed by atoms with Gasteiger partial charge >= 0.3 is 5.97 Å². The molecule has 1 aliphatic heterocycles. The monoisotopic (exact) mass is 209 g/mol. The van der Waals surface area contributed by atoms with Crippen LogP contribution in [0.1, 0.15) is 44.9 Å². The number of carboxylic acid groups (broad SMARTS) is 1. The van der Waals surface area contributed by atoms with Crippen molar-refractivity contribution in [2.24, 2.45) is 5.41 Å².